The van der Waals surface area contributed by atoms with E-state index in [1.54, 1.807) is 0 Å². The molecule has 0 rings (SSSR count). The van der Waals surface area contributed by atoms with Crippen molar-refractivity contribution in [2.24, 2.45) is 0 Å². The van der Waals surface area contributed by atoms with Gasteiger partial charge < -0.3 is 0 Å². The van der Waals surface area contributed by atoms with Crippen LogP contribution in [0.5, 0.6) is 0 Å². The van der Waals surface area contributed by atoms with Crippen molar-refractivity contribution in [2.75, 3.05) is 13.6 Å². The predicted molar refractivity (Wildman–Crippen MR) is 24.1 cm³/mol. The molecule has 0 N–H and O–H groups in total. The molecule has 0 bridgehead atoms. The Hall–Kier alpha value is 0.503. The topological polar surface area (TPSA) is 3.24 Å². The number of rotatable bonds is 1. The van der Waals surface area contributed by atoms with E-state index < -0.39 is 0 Å². The first-order valence-corrected chi connectivity index (χ1v) is 2.63. The molecular weight excluding hydrogens is 123 g/mol. The maximum absolute atomic E-state index is 2.12. The normalized spacial score (nSPS) is 9.60. The molecule has 0 fully saturated rings. The summed E-state index contributed by atoms with van der Waals surface area (Å²) in [6.07, 6.45) is 0. The summed E-state index contributed by atoms with van der Waals surface area (Å²) in [5.41, 5.74) is 0. The summed E-state index contributed by atoms with van der Waals surface area (Å²) in [7, 11) is 2.06. The van der Waals surface area contributed by atoms with Crippen LogP contribution in [-0.4, -0.2) is 34.2 Å². The second kappa shape index (κ2) is 2.72. The molecule has 0 unspecified atom stereocenters. The van der Waals surface area contributed by atoms with Crippen LogP contribution in [0.4, 0.5) is 0 Å². The van der Waals surface area contributed by atoms with Crippen molar-refractivity contribution in [3.63, 3.8) is 0 Å². The van der Waals surface area contributed by atoms with Crippen LogP contribution in [0.3, 0.4) is 0 Å². The van der Waals surface area contributed by atoms with Gasteiger partial charge in [-0.1, -0.05) is 0 Å². The van der Waals surface area contributed by atoms with Gasteiger partial charge in [0.05, 0.1) is 0 Å². The Morgan fingerprint density at radius 1 is 1.80 bits per heavy atom. The van der Waals surface area contributed by atoms with E-state index >= 15 is 0 Å². The van der Waals surface area contributed by atoms with Gasteiger partial charge in [-0.3, -0.25) is 0 Å². The summed E-state index contributed by atoms with van der Waals surface area (Å²) in [4.78, 5) is 0. The predicted octanol–water partition coefficient (Wildman–Crippen LogP) is 0.0216. The Kier molecular flexibility index (Phi) is 3.00. The molecule has 5 heavy (non-hydrogen) atoms. The first-order valence-electron chi connectivity index (χ1n) is 1.69. The molecule has 0 heterocycles. The molecule has 0 aromatic rings. The summed E-state index contributed by atoms with van der Waals surface area (Å²) in [6.45, 7) is 3.26. The van der Waals surface area contributed by atoms with Crippen LogP contribution in [0.2, 0.25) is 0 Å². The van der Waals surface area contributed by atoms with Gasteiger partial charge >= 0.3 is 41.1 Å². The number of hydrogen-bond acceptors (Lipinski definition) is 1. The summed E-state index contributed by atoms with van der Waals surface area (Å²) >= 11 is 2.06. The Balaban J connectivity index is 2.54. The molecule has 0 aliphatic heterocycles. The van der Waals surface area contributed by atoms with Crippen LogP contribution in [-0.2, 0) is 0 Å². The van der Waals surface area contributed by atoms with Crippen LogP contribution in [0.15, 0.2) is 0 Å². The first kappa shape index (κ1) is 5.50. The van der Waals surface area contributed by atoms with Gasteiger partial charge in [0.1, 0.15) is 0 Å². The average Bonchev–Trinajstić information content (AvgIpc) is 1.38. The molecular formula is C3H8GeN. The van der Waals surface area contributed by atoms with E-state index in [0.717, 1.165) is 6.54 Å². The zero-order valence-corrected chi connectivity index (χ0v) is 5.75. The van der Waals surface area contributed by atoms with Crippen LogP contribution in [0, 0.1) is 0 Å². The van der Waals surface area contributed by atoms with Gasteiger partial charge in [0, 0.05) is 0 Å². The van der Waals surface area contributed by atoms with Gasteiger partial charge in [-0.25, -0.2) is 0 Å². The Morgan fingerprint density at radius 3 is 2.00 bits per heavy atom. The van der Waals surface area contributed by atoms with Gasteiger partial charge in [0.2, 0.25) is 0 Å². The molecule has 3 radical (unpaired) electrons. The fourth-order valence-electron chi connectivity index (χ4n) is 0. The van der Waals surface area contributed by atoms with Crippen molar-refractivity contribution in [1.29, 1.82) is 0 Å². The summed E-state index contributed by atoms with van der Waals surface area (Å²) < 4.78 is 2.12. The number of hydrogen-bond donors (Lipinski definition) is 0. The SMILES string of the molecule is CC[N](C)[Ge]. The van der Waals surface area contributed by atoms with E-state index in [2.05, 4.69) is 34.6 Å². The van der Waals surface area contributed by atoms with Crippen LogP contribution < -0.4 is 0 Å². The third-order valence-corrected chi connectivity index (χ3v) is 1.14. The third-order valence-electron chi connectivity index (χ3n) is 0.474. The van der Waals surface area contributed by atoms with Gasteiger partial charge in [-0.2, -0.15) is 0 Å². The van der Waals surface area contributed by atoms with Gasteiger partial charge in [-0.15, -0.1) is 0 Å². The standard InChI is InChI=1S/C3H8GeN/c1-3-5(2)4/h3H2,1-2H3. The molecule has 0 saturated carbocycles. The van der Waals surface area contributed by atoms with Crippen LogP contribution >= 0.6 is 0 Å². The fourth-order valence-corrected chi connectivity index (χ4v) is 0. The van der Waals surface area contributed by atoms with Gasteiger partial charge in [-0.05, 0) is 0 Å². The molecule has 0 atom stereocenters. The minimum atomic E-state index is 1.14. The van der Waals surface area contributed by atoms with Crippen molar-refractivity contribution in [1.82, 2.24) is 3.86 Å². The molecule has 1 nitrogen and oxygen atoms in total. The zero-order valence-electron chi connectivity index (χ0n) is 3.65. The first-order chi connectivity index (χ1) is 2.27. The fraction of sp³-hybridized carbons (Fsp3) is 1.00. The van der Waals surface area contributed by atoms with Gasteiger partial charge in [0.15, 0.2) is 0 Å². The summed E-state index contributed by atoms with van der Waals surface area (Å²) in [5.74, 6) is 0. The Bertz CT molecular complexity index is 20.9. The zero-order chi connectivity index (χ0) is 4.28. The van der Waals surface area contributed by atoms with E-state index in [1.807, 2.05) is 0 Å². The second-order valence-electron chi connectivity index (χ2n) is 1.01. The molecule has 29 valence electrons. The second-order valence-corrected chi connectivity index (χ2v) is 2.62. The Morgan fingerprint density at radius 2 is 2.00 bits per heavy atom. The molecule has 0 spiro atoms. The van der Waals surface area contributed by atoms with E-state index in [-0.39, 0.29) is 0 Å². The molecule has 0 aromatic heterocycles. The van der Waals surface area contributed by atoms with Crippen LogP contribution in [0.25, 0.3) is 0 Å². The maximum atomic E-state index is 2.12. The van der Waals surface area contributed by atoms with E-state index in [9.17, 15) is 0 Å². The third kappa shape index (κ3) is 4.50. The molecule has 0 saturated heterocycles. The van der Waals surface area contributed by atoms with Gasteiger partial charge in [0.25, 0.3) is 0 Å². The van der Waals surface area contributed by atoms with Crippen molar-refractivity contribution < 1.29 is 0 Å². The van der Waals surface area contributed by atoms with Crippen molar-refractivity contribution in [2.45, 2.75) is 6.92 Å². The molecule has 0 amide bonds. The van der Waals surface area contributed by atoms with Crippen molar-refractivity contribution in [3.05, 3.63) is 0 Å². The molecule has 0 aromatic carbocycles. The number of nitrogens with zero attached hydrogens (tertiary/aromatic N) is 1. The quantitative estimate of drug-likeness (QED) is 0.453. The molecule has 0 aliphatic carbocycles. The van der Waals surface area contributed by atoms with Crippen molar-refractivity contribution >= 4 is 16.7 Å². The van der Waals surface area contributed by atoms with E-state index in [4.69, 9.17) is 0 Å². The summed E-state index contributed by atoms with van der Waals surface area (Å²) in [6, 6.07) is 0. The van der Waals surface area contributed by atoms with Crippen molar-refractivity contribution in [3.8, 4) is 0 Å². The van der Waals surface area contributed by atoms with E-state index in [1.165, 1.54) is 0 Å². The summed E-state index contributed by atoms with van der Waals surface area (Å²) in [5, 5.41) is 0. The molecule has 0 aliphatic rings. The minimum absolute atomic E-state index is 1.14. The van der Waals surface area contributed by atoms with Crippen LogP contribution in [0.1, 0.15) is 6.92 Å². The Labute approximate surface area is 41.8 Å². The molecule has 2 heteroatoms. The monoisotopic (exact) mass is 132 g/mol. The average molecular weight is 131 g/mol. The van der Waals surface area contributed by atoms with E-state index in [0.29, 0.717) is 0 Å².